The first kappa shape index (κ1) is 11.4. The van der Waals surface area contributed by atoms with Crippen LogP contribution in [0, 0.1) is 0 Å². The van der Waals surface area contributed by atoms with Crippen LogP contribution in [0.2, 0.25) is 0 Å². The lowest BCUT2D eigenvalue weighted by molar-refractivity contribution is -0.120. The summed E-state index contributed by atoms with van der Waals surface area (Å²) >= 11 is 0. The molecule has 0 spiro atoms. The molecule has 0 saturated heterocycles. The summed E-state index contributed by atoms with van der Waals surface area (Å²) in [7, 11) is 1.67. The molecule has 0 bridgehead atoms. The SMILES string of the molecule is CCNC(=O)CNCCCOC. The van der Waals surface area contributed by atoms with E-state index in [0.29, 0.717) is 13.1 Å². The topological polar surface area (TPSA) is 50.4 Å². The summed E-state index contributed by atoms with van der Waals surface area (Å²) in [5.74, 6) is 0.0508. The van der Waals surface area contributed by atoms with Gasteiger partial charge in [-0.1, -0.05) is 0 Å². The van der Waals surface area contributed by atoms with E-state index in [4.69, 9.17) is 4.74 Å². The van der Waals surface area contributed by atoms with Gasteiger partial charge in [0.05, 0.1) is 6.54 Å². The zero-order valence-corrected chi connectivity index (χ0v) is 7.85. The zero-order chi connectivity index (χ0) is 9.23. The Morgan fingerprint density at radius 2 is 2.25 bits per heavy atom. The van der Waals surface area contributed by atoms with Crippen molar-refractivity contribution >= 4 is 5.91 Å². The number of nitrogens with one attached hydrogen (secondary N) is 2. The molecule has 0 heterocycles. The van der Waals surface area contributed by atoms with Crippen molar-refractivity contribution in [1.29, 1.82) is 0 Å². The second-order valence-electron chi connectivity index (χ2n) is 2.48. The van der Waals surface area contributed by atoms with Crippen LogP contribution in [-0.4, -0.2) is 39.3 Å². The van der Waals surface area contributed by atoms with E-state index in [9.17, 15) is 4.79 Å². The molecule has 0 unspecified atom stereocenters. The molecular weight excluding hydrogens is 156 g/mol. The molecule has 0 aliphatic carbocycles. The van der Waals surface area contributed by atoms with Crippen molar-refractivity contribution in [2.45, 2.75) is 13.3 Å². The van der Waals surface area contributed by atoms with E-state index in [1.165, 1.54) is 0 Å². The van der Waals surface area contributed by atoms with Crippen molar-refractivity contribution in [3.05, 3.63) is 0 Å². The lowest BCUT2D eigenvalue weighted by Gasteiger charge is -2.03. The van der Waals surface area contributed by atoms with Crippen LogP contribution in [0.25, 0.3) is 0 Å². The number of carbonyl (C=O) groups is 1. The van der Waals surface area contributed by atoms with Crippen LogP contribution in [0.1, 0.15) is 13.3 Å². The molecular formula is C8H18N2O2. The fourth-order valence-corrected chi connectivity index (χ4v) is 0.803. The maximum absolute atomic E-state index is 10.9. The van der Waals surface area contributed by atoms with E-state index >= 15 is 0 Å². The van der Waals surface area contributed by atoms with E-state index in [0.717, 1.165) is 19.6 Å². The van der Waals surface area contributed by atoms with Crippen molar-refractivity contribution in [3.8, 4) is 0 Å². The quantitative estimate of drug-likeness (QED) is 0.523. The lowest BCUT2D eigenvalue weighted by Crippen LogP contribution is -2.34. The average Bonchev–Trinajstić information content (AvgIpc) is 2.05. The van der Waals surface area contributed by atoms with Crippen LogP contribution in [0.3, 0.4) is 0 Å². The summed E-state index contributed by atoms with van der Waals surface area (Å²) in [4.78, 5) is 10.9. The molecule has 0 atom stereocenters. The van der Waals surface area contributed by atoms with Crippen molar-refractivity contribution in [2.75, 3.05) is 33.4 Å². The second kappa shape index (κ2) is 8.49. The lowest BCUT2D eigenvalue weighted by atomic mass is 10.4. The van der Waals surface area contributed by atoms with Gasteiger partial charge in [-0.3, -0.25) is 4.79 Å². The molecule has 0 aromatic heterocycles. The van der Waals surface area contributed by atoms with E-state index < -0.39 is 0 Å². The van der Waals surface area contributed by atoms with Gasteiger partial charge in [0.1, 0.15) is 0 Å². The summed E-state index contributed by atoms with van der Waals surface area (Å²) < 4.78 is 4.86. The van der Waals surface area contributed by atoms with Gasteiger partial charge in [-0.25, -0.2) is 0 Å². The fraction of sp³-hybridized carbons (Fsp3) is 0.875. The predicted molar refractivity (Wildman–Crippen MR) is 48.0 cm³/mol. The van der Waals surface area contributed by atoms with Gasteiger partial charge >= 0.3 is 0 Å². The smallest absolute Gasteiger partial charge is 0.233 e. The number of ether oxygens (including phenoxy) is 1. The van der Waals surface area contributed by atoms with E-state index in [-0.39, 0.29) is 5.91 Å². The summed E-state index contributed by atoms with van der Waals surface area (Å²) in [6.07, 6.45) is 0.940. The zero-order valence-electron chi connectivity index (χ0n) is 7.85. The number of rotatable bonds is 7. The van der Waals surface area contributed by atoms with Crippen LogP contribution in [0.4, 0.5) is 0 Å². The number of hydrogen-bond acceptors (Lipinski definition) is 3. The molecule has 0 fully saturated rings. The Labute approximate surface area is 73.7 Å². The first-order valence-corrected chi connectivity index (χ1v) is 4.27. The van der Waals surface area contributed by atoms with Gasteiger partial charge in [-0.15, -0.1) is 0 Å². The second-order valence-corrected chi connectivity index (χ2v) is 2.48. The summed E-state index contributed by atoms with van der Waals surface area (Å²) in [5, 5.41) is 5.72. The third kappa shape index (κ3) is 7.50. The van der Waals surface area contributed by atoms with Gasteiger partial charge in [-0.05, 0) is 19.9 Å². The molecule has 0 radical (unpaired) electrons. The van der Waals surface area contributed by atoms with Crippen LogP contribution in [0.5, 0.6) is 0 Å². The largest absolute Gasteiger partial charge is 0.385 e. The highest BCUT2D eigenvalue weighted by Crippen LogP contribution is 1.76. The molecule has 72 valence electrons. The molecule has 0 aromatic carbocycles. The third-order valence-corrected chi connectivity index (χ3v) is 1.36. The van der Waals surface area contributed by atoms with Crippen LogP contribution >= 0.6 is 0 Å². The molecule has 4 heteroatoms. The summed E-state index contributed by atoms with van der Waals surface area (Å²) in [6.45, 7) is 4.56. The number of methoxy groups -OCH3 is 1. The fourth-order valence-electron chi connectivity index (χ4n) is 0.803. The Balaban J connectivity index is 3.03. The maximum atomic E-state index is 10.9. The Kier molecular flexibility index (Phi) is 8.05. The minimum Gasteiger partial charge on any atom is -0.385 e. The Morgan fingerprint density at radius 3 is 2.83 bits per heavy atom. The Hall–Kier alpha value is -0.610. The highest BCUT2D eigenvalue weighted by atomic mass is 16.5. The number of hydrogen-bond donors (Lipinski definition) is 2. The standard InChI is InChI=1S/C8H18N2O2/c1-3-10-8(11)7-9-5-4-6-12-2/h9H,3-7H2,1-2H3,(H,10,11). The number of likely N-dealkylation sites (N-methyl/N-ethyl adjacent to an activating group) is 1. The van der Waals surface area contributed by atoms with Gasteiger partial charge in [0, 0.05) is 20.3 Å². The third-order valence-electron chi connectivity index (χ3n) is 1.36. The van der Waals surface area contributed by atoms with Crippen molar-refractivity contribution in [3.63, 3.8) is 0 Å². The van der Waals surface area contributed by atoms with Crippen molar-refractivity contribution in [2.24, 2.45) is 0 Å². The molecule has 0 aliphatic rings. The highest BCUT2D eigenvalue weighted by Gasteiger charge is 1.96. The maximum Gasteiger partial charge on any atom is 0.233 e. The summed E-state index contributed by atoms with van der Waals surface area (Å²) in [6, 6.07) is 0. The van der Waals surface area contributed by atoms with Crippen LogP contribution < -0.4 is 10.6 Å². The average molecular weight is 174 g/mol. The van der Waals surface area contributed by atoms with Gasteiger partial charge in [0.15, 0.2) is 0 Å². The van der Waals surface area contributed by atoms with Crippen LogP contribution in [-0.2, 0) is 9.53 Å². The predicted octanol–water partition coefficient (Wildman–Crippen LogP) is -0.251. The molecule has 0 saturated carbocycles. The number of carbonyl (C=O) groups excluding carboxylic acids is 1. The molecule has 0 aliphatic heterocycles. The van der Waals surface area contributed by atoms with Crippen molar-refractivity contribution < 1.29 is 9.53 Å². The van der Waals surface area contributed by atoms with E-state index in [2.05, 4.69) is 10.6 Å². The molecule has 4 nitrogen and oxygen atoms in total. The Bertz CT molecular complexity index is 118. The van der Waals surface area contributed by atoms with Gasteiger partial charge in [0.2, 0.25) is 5.91 Å². The Morgan fingerprint density at radius 1 is 1.50 bits per heavy atom. The normalized spacial score (nSPS) is 9.83. The molecule has 0 rings (SSSR count). The summed E-state index contributed by atoms with van der Waals surface area (Å²) in [5.41, 5.74) is 0. The van der Waals surface area contributed by atoms with Gasteiger partial charge in [-0.2, -0.15) is 0 Å². The molecule has 2 N–H and O–H groups in total. The van der Waals surface area contributed by atoms with Gasteiger partial charge < -0.3 is 15.4 Å². The molecule has 1 amide bonds. The van der Waals surface area contributed by atoms with E-state index in [1.54, 1.807) is 7.11 Å². The van der Waals surface area contributed by atoms with Crippen LogP contribution in [0.15, 0.2) is 0 Å². The minimum atomic E-state index is 0.0508. The minimum absolute atomic E-state index is 0.0508. The van der Waals surface area contributed by atoms with Gasteiger partial charge in [0.25, 0.3) is 0 Å². The monoisotopic (exact) mass is 174 g/mol. The van der Waals surface area contributed by atoms with Crippen molar-refractivity contribution in [1.82, 2.24) is 10.6 Å². The first-order valence-electron chi connectivity index (χ1n) is 4.27. The molecule has 12 heavy (non-hydrogen) atoms. The van der Waals surface area contributed by atoms with E-state index in [1.807, 2.05) is 6.92 Å². The molecule has 0 aromatic rings. The highest BCUT2D eigenvalue weighted by molar-refractivity contribution is 5.77. The number of amides is 1. The first-order chi connectivity index (χ1) is 5.81.